The number of unbranched alkanes of at least 4 members (excludes halogenated alkanes) is 16. The van der Waals surface area contributed by atoms with Crippen molar-refractivity contribution in [2.45, 2.75) is 258 Å². The van der Waals surface area contributed by atoms with Crippen LogP contribution in [0.25, 0.3) is 0 Å². The summed E-state index contributed by atoms with van der Waals surface area (Å²) in [5.41, 5.74) is 0. The van der Waals surface area contributed by atoms with E-state index in [1.165, 1.54) is 0 Å². The summed E-state index contributed by atoms with van der Waals surface area (Å²) < 4.78 is 95.4. The van der Waals surface area contributed by atoms with Crippen LogP contribution in [0.4, 0.5) is 0 Å². The Morgan fingerprint density at radius 2 is 0.267 bits per heavy atom. The minimum atomic E-state index is -3.80. The van der Waals surface area contributed by atoms with Gasteiger partial charge in [0.25, 0.3) is 0 Å². The molecule has 0 atom stereocenters. The van der Waals surface area contributed by atoms with Crippen LogP contribution >= 0.6 is 0 Å². The molecule has 0 aromatic carbocycles. The van der Waals surface area contributed by atoms with Crippen LogP contribution in [0.15, 0.2) is 0 Å². The summed E-state index contributed by atoms with van der Waals surface area (Å²) in [6.07, 6.45) is 23.7. The van der Waals surface area contributed by atoms with Crippen molar-refractivity contribution in [2.24, 2.45) is 0 Å². The molecule has 6 fully saturated rings. The molecular weight excluding hydrogens is 897 g/mol. The van der Waals surface area contributed by atoms with Gasteiger partial charge in [0, 0.05) is 48.4 Å². The summed E-state index contributed by atoms with van der Waals surface area (Å²) in [5, 5.41) is 0. The topological polar surface area (TPSA) is 111 Å². The van der Waals surface area contributed by atoms with Gasteiger partial charge in [-0.1, -0.05) is 158 Å². The van der Waals surface area contributed by atoms with E-state index in [2.05, 4.69) is 55.4 Å². The zero-order chi connectivity index (χ0) is 43.1. The predicted octanol–water partition coefficient (Wildman–Crippen LogP) is 13.3. The highest BCUT2D eigenvalue weighted by molar-refractivity contribution is 7.03. The molecule has 8 bridgehead atoms. The summed E-state index contributed by atoms with van der Waals surface area (Å²) in [6.45, 7) is 17.9. The van der Waals surface area contributed by atoms with Crippen molar-refractivity contribution in [3.8, 4) is 0 Å². The number of hydrogen-bond acceptors (Lipinski definition) is 12. The van der Waals surface area contributed by atoms with Gasteiger partial charge in [0.1, 0.15) is 0 Å². The second-order valence-electron chi connectivity index (χ2n) is 18.3. The molecule has 12 nitrogen and oxygen atoms in total. The second kappa shape index (κ2) is 24.3. The van der Waals surface area contributed by atoms with Crippen LogP contribution in [-0.2, 0) is 49.4 Å². The first-order valence-corrected chi connectivity index (χ1v) is 40.8. The highest BCUT2D eigenvalue weighted by atomic mass is 28.6. The van der Waals surface area contributed by atoms with Crippen LogP contribution in [0, 0.1) is 0 Å². The summed E-state index contributed by atoms with van der Waals surface area (Å²) >= 11 is 0. The molecule has 0 amide bonds. The van der Waals surface area contributed by atoms with Gasteiger partial charge in [-0.2, -0.15) is 0 Å². The molecule has 0 aromatic rings. The van der Waals surface area contributed by atoms with Crippen LogP contribution in [0.1, 0.15) is 209 Å². The van der Waals surface area contributed by atoms with Gasteiger partial charge < -0.3 is 49.4 Å². The quantitative estimate of drug-likeness (QED) is 0.0473. The van der Waals surface area contributed by atoms with E-state index in [1.807, 2.05) is 0 Å². The number of rotatable bonds is 32. The maximum atomic E-state index is 7.95. The average molecular weight is 986 g/mol. The van der Waals surface area contributed by atoms with E-state index in [0.29, 0.717) is 48.4 Å². The third-order valence-electron chi connectivity index (χ3n) is 12.4. The predicted molar refractivity (Wildman–Crippen MR) is 254 cm³/mol. The lowest BCUT2D eigenvalue weighted by atomic mass is 10.3. The molecule has 352 valence electrons. The van der Waals surface area contributed by atoms with Crippen LogP contribution in [0.2, 0.25) is 48.4 Å². The van der Waals surface area contributed by atoms with E-state index >= 15 is 0 Å². The first-order valence-electron chi connectivity index (χ1n) is 25.4. The first kappa shape index (κ1) is 52.2. The first-order chi connectivity index (χ1) is 29.0. The fraction of sp³-hybridized carbons (Fsp3) is 1.00. The zero-order valence-electron chi connectivity index (χ0n) is 39.5. The fourth-order valence-electron chi connectivity index (χ4n) is 9.30. The summed E-state index contributed by atoms with van der Waals surface area (Å²) in [6, 6.07) is 4.87. The van der Waals surface area contributed by atoms with Crippen molar-refractivity contribution in [3.05, 3.63) is 0 Å². The molecule has 20 heteroatoms. The smallest absolute Gasteiger partial charge is 0.373 e. The molecule has 60 heavy (non-hydrogen) atoms. The van der Waals surface area contributed by atoms with Gasteiger partial charge in [-0.15, -0.1) is 0 Å². The van der Waals surface area contributed by atoms with E-state index < -0.39 is 70.4 Å². The Hall–Kier alpha value is 1.26. The Morgan fingerprint density at radius 1 is 0.167 bits per heavy atom. The standard InChI is InChI=1S/C40H88O12Si8/c1-9-17-25-33-53-41-54(34-26-18-10-2)44-57(37-29-21-13-5)46-55(42-53,35-27-19-11-3)48-59(39-31-23-15-7)49-56(43-53,36-28-20-12-4)47-58(45-54,38-30-22-14-6)51-60(50-57,52-59)40-32-24-16-8/h9-40H2,1-8H3. The van der Waals surface area contributed by atoms with Crippen molar-refractivity contribution in [3.63, 3.8) is 0 Å². The molecule has 0 aromatic heterocycles. The summed E-state index contributed by atoms with van der Waals surface area (Å²) in [5.74, 6) is 0. The van der Waals surface area contributed by atoms with Gasteiger partial charge >= 0.3 is 70.4 Å². The lowest BCUT2D eigenvalue weighted by Gasteiger charge is -2.63. The third-order valence-corrected chi connectivity index (χ3v) is 50.0. The van der Waals surface area contributed by atoms with Crippen molar-refractivity contribution >= 4 is 70.4 Å². The highest BCUT2D eigenvalue weighted by Crippen LogP contribution is 2.55. The summed E-state index contributed by atoms with van der Waals surface area (Å²) in [4.78, 5) is 0. The largest absolute Gasteiger partial charge is 0.478 e. The Kier molecular flexibility index (Phi) is 21.2. The fourth-order valence-corrected chi connectivity index (χ4v) is 60.3. The lowest BCUT2D eigenvalue weighted by molar-refractivity contribution is -0.0313. The zero-order valence-corrected chi connectivity index (χ0v) is 47.5. The maximum absolute atomic E-state index is 7.95. The van der Waals surface area contributed by atoms with Crippen molar-refractivity contribution < 1.29 is 49.4 Å². The lowest BCUT2D eigenvalue weighted by Crippen LogP contribution is -2.88. The minimum Gasteiger partial charge on any atom is -0.373 e. The van der Waals surface area contributed by atoms with Gasteiger partial charge in [-0.25, -0.2) is 0 Å². The van der Waals surface area contributed by atoms with E-state index in [0.717, 1.165) is 154 Å². The average Bonchev–Trinajstić information content (AvgIpc) is 3.16. The normalized spacial score (nSPS) is 37.2. The number of hydrogen-bond donors (Lipinski definition) is 0. The highest BCUT2D eigenvalue weighted by Gasteiger charge is 2.82. The molecule has 6 saturated heterocycles. The Labute approximate surface area is 375 Å². The second-order valence-corrected chi connectivity index (χ2v) is 43.1. The van der Waals surface area contributed by atoms with E-state index in [-0.39, 0.29) is 0 Å². The summed E-state index contributed by atoms with van der Waals surface area (Å²) in [7, 11) is -30.4. The van der Waals surface area contributed by atoms with Gasteiger partial charge in [-0.3, -0.25) is 0 Å². The van der Waals surface area contributed by atoms with E-state index in [9.17, 15) is 0 Å². The van der Waals surface area contributed by atoms with Crippen LogP contribution in [0.5, 0.6) is 0 Å². The molecule has 0 saturated carbocycles. The molecule has 6 rings (SSSR count). The van der Waals surface area contributed by atoms with E-state index in [1.54, 1.807) is 0 Å². The molecule has 0 radical (unpaired) electrons. The molecule has 6 aliphatic rings. The molecular formula is C40H88O12Si8. The Bertz CT molecular complexity index is 916. The van der Waals surface area contributed by atoms with Crippen LogP contribution in [-0.4, -0.2) is 70.4 Å². The molecule has 0 spiro atoms. The van der Waals surface area contributed by atoms with Gasteiger partial charge in [0.05, 0.1) is 0 Å². The van der Waals surface area contributed by atoms with Crippen LogP contribution in [0.3, 0.4) is 0 Å². The molecule has 0 unspecified atom stereocenters. The monoisotopic (exact) mass is 984 g/mol. The molecule has 6 heterocycles. The minimum absolute atomic E-state index is 0.609. The van der Waals surface area contributed by atoms with Gasteiger partial charge in [0.2, 0.25) is 0 Å². The third kappa shape index (κ3) is 13.7. The molecule has 6 aliphatic heterocycles. The molecule has 0 aliphatic carbocycles. The van der Waals surface area contributed by atoms with E-state index in [4.69, 9.17) is 49.4 Å². The Morgan fingerprint density at radius 3 is 0.350 bits per heavy atom. The maximum Gasteiger partial charge on any atom is 0.478 e. The SMILES string of the molecule is CCCCC[Si]12O[Si]3(CCCCC)O[Si]4(CCCCC)O[Si](CCCCC)(O1)O[Si]1(CCCCC)O[Si](CCCCC)(O2)O[Si](CCCCC)(O3)O[Si](CCCCC)(O4)O1. The Balaban J connectivity index is 1.88. The molecule has 0 N–H and O–H groups in total. The van der Waals surface area contributed by atoms with Crippen molar-refractivity contribution in [1.82, 2.24) is 0 Å². The van der Waals surface area contributed by atoms with Crippen molar-refractivity contribution in [2.75, 3.05) is 0 Å². The van der Waals surface area contributed by atoms with Crippen LogP contribution < -0.4 is 0 Å². The van der Waals surface area contributed by atoms with Crippen molar-refractivity contribution in [1.29, 1.82) is 0 Å². The van der Waals surface area contributed by atoms with Gasteiger partial charge in [0.15, 0.2) is 0 Å². The van der Waals surface area contributed by atoms with Gasteiger partial charge in [-0.05, 0) is 51.4 Å².